The lowest BCUT2D eigenvalue weighted by atomic mass is 9.96. The molecule has 0 spiro atoms. The average Bonchev–Trinajstić information content (AvgIpc) is 2.15. The molecule has 0 aliphatic rings. The number of carbonyl (C=O) groups excluding carboxylic acids is 1. The molecule has 0 aromatic carbocycles. The molecule has 4 nitrogen and oxygen atoms in total. The van der Waals surface area contributed by atoms with Crippen LogP contribution in [0.2, 0.25) is 0 Å². The van der Waals surface area contributed by atoms with Gasteiger partial charge < -0.3 is 10.4 Å². The van der Waals surface area contributed by atoms with Crippen LogP contribution in [0.25, 0.3) is 0 Å². The van der Waals surface area contributed by atoms with Gasteiger partial charge in [0.1, 0.15) is 6.04 Å². The highest BCUT2D eigenvalue weighted by atomic mass is 16.4. The zero-order valence-electron chi connectivity index (χ0n) is 9.91. The zero-order valence-corrected chi connectivity index (χ0v) is 9.91. The number of nitrogens with one attached hydrogen (secondary N) is 1. The van der Waals surface area contributed by atoms with Crippen LogP contribution in [-0.2, 0) is 9.59 Å². The van der Waals surface area contributed by atoms with Gasteiger partial charge in [-0.05, 0) is 12.3 Å². The Labute approximate surface area is 91.1 Å². The molecular weight excluding hydrogens is 194 g/mol. The minimum absolute atomic E-state index is 0.149. The maximum Gasteiger partial charge on any atom is 0.326 e. The second-order valence-electron chi connectivity index (χ2n) is 4.22. The highest BCUT2D eigenvalue weighted by Gasteiger charge is 2.23. The first-order valence-electron chi connectivity index (χ1n) is 5.43. The molecule has 15 heavy (non-hydrogen) atoms. The number of rotatable bonds is 6. The van der Waals surface area contributed by atoms with Gasteiger partial charge in [0.05, 0.1) is 0 Å². The van der Waals surface area contributed by atoms with Crippen molar-refractivity contribution in [2.24, 2.45) is 11.8 Å². The van der Waals surface area contributed by atoms with Crippen molar-refractivity contribution in [3.8, 4) is 0 Å². The van der Waals surface area contributed by atoms with E-state index in [1.54, 1.807) is 0 Å². The lowest BCUT2D eigenvalue weighted by molar-refractivity contribution is -0.142. The molecule has 0 saturated carbocycles. The van der Waals surface area contributed by atoms with Crippen LogP contribution < -0.4 is 5.32 Å². The van der Waals surface area contributed by atoms with E-state index < -0.39 is 12.0 Å². The van der Waals surface area contributed by atoms with E-state index in [-0.39, 0.29) is 17.7 Å². The first-order chi connectivity index (χ1) is 6.90. The van der Waals surface area contributed by atoms with E-state index in [9.17, 15) is 9.59 Å². The Morgan fingerprint density at radius 3 is 2.13 bits per heavy atom. The van der Waals surface area contributed by atoms with Crippen LogP contribution in [0.5, 0.6) is 0 Å². The van der Waals surface area contributed by atoms with Crippen LogP contribution in [0.4, 0.5) is 0 Å². The van der Waals surface area contributed by atoms with Crippen molar-refractivity contribution < 1.29 is 14.7 Å². The van der Waals surface area contributed by atoms with Crippen LogP contribution in [0.15, 0.2) is 0 Å². The number of carboxylic acids is 1. The summed E-state index contributed by atoms with van der Waals surface area (Å²) in [5, 5.41) is 11.4. The van der Waals surface area contributed by atoms with Gasteiger partial charge in [0.25, 0.3) is 0 Å². The van der Waals surface area contributed by atoms with Gasteiger partial charge in [-0.2, -0.15) is 0 Å². The van der Waals surface area contributed by atoms with Crippen molar-refractivity contribution in [2.45, 2.75) is 46.6 Å². The van der Waals surface area contributed by atoms with Crippen molar-refractivity contribution in [3.05, 3.63) is 0 Å². The van der Waals surface area contributed by atoms with Gasteiger partial charge >= 0.3 is 5.97 Å². The summed E-state index contributed by atoms with van der Waals surface area (Å²) in [5.41, 5.74) is 0. The number of aliphatic carboxylic acids is 1. The molecule has 1 unspecified atom stereocenters. The molecule has 0 radical (unpaired) electrons. The third-order valence-corrected chi connectivity index (χ3v) is 2.61. The Hall–Kier alpha value is -1.06. The van der Waals surface area contributed by atoms with Crippen molar-refractivity contribution in [1.29, 1.82) is 0 Å². The van der Waals surface area contributed by atoms with Crippen molar-refractivity contribution >= 4 is 11.9 Å². The number of carboxylic acid groups (broad SMARTS) is 1. The summed E-state index contributed by atoms with van der Waals surface area (Å²) in [7, 11) is 0. The summed E-state index contributed by atoms with van der Waals surface area (Å²) in [6, 6.07) is -0.747. The molecule has 0 rings (SSSR count). The minimum Gasteiger partial charge on any atom is -0.480 e. The van der Waals surface area contributed by atoms with Gasteiger partial charge in [0, 0.05) is 5.92 Å². The Kier molecular flexibility index (Phi) is 5.97. The lowest BCUT2D eigenvalue weighted by Gasteiger charge is -2.19. The van der Waals surface area contributed by atoms with Crippen LogP contribution in [0.3, 0.4) is 0 Å². The molecule has 0 aliphatic carbocycles. The molecule has 0 saturated heterocycles. The number of hydrogen-bond acceptors (Lipinski definition) is 2. The van der Waals surface area contributed by atoms with E-state index in [0.29, 0.717) is 6.42 Å². The SMILES string of the molecule is CCC[C@@H](NC(=O)C(C)C(C)C)C(=O)O. The van der Waals surface area contributed by atoms with Gasteiger partial charge in [-0.3, -0.25) is 4.79 Å². The van der Waals surface area contributed by atoms with E-state index >= 15 is 0 Å². The molecule has 0 aromatic rings. The van der Waals surface area contributed by atoms with Crippen molar-refractivity contribution in [1.82, 2.24) is 5.32 Å². The fraction of sp³-hybridized carbons (Fsp3) is 0.818. The fourth-order valence-corrected chi connectivity index (χ4v) is 1.15. The topological polar surface area (TPSA) is 66.4 Å². The van der Waals surface area contributed by atoms with Crippen molar-refractivity contribution in [3.63, 3.8) is 0 Å². The highest BCUT2D eigenvalue weighted by Crippen LogP contribution is 2.10. The molecule has 2 N–H and O–H groups in total. The van der Waals surface area contributed by atoms with E-state index in [1.807, 2.05) is 27.7 Å². The van der Waals surface area contributed by atoms with Gasteiger partial charge in [0.15, 0.2) is 0 Å². The quantitative estimate of drug-likeness (QED) is 0.708. The third-order valence-electron chi connectivity index (χ3n) is 2.61. The molecule has 4 heteroatoms. The summed E-state index contributed by atoms with van der Waals surface area (Å²) in [5.74, 6) is -1.06. The summed E-state index contributed by atoms with van der Waals surface area (Å²) >= 11 is 0. The molecule has 1 amide bonds. The Bertz CT molecular complexity index is 226. The molecular formula is C11H21NO3. The Morgan fingerprint density at radius 1 is 1.27 bits per heavy atom. The van der Waals surface area contributed by atoms with Crippen LogP contribution >= 0.6 is 0 Å². The van der Waals surface area contributed by atoms with Crippen LogP contribution in [0, 0.1) is 11.8 Å². The minimum atomic E-state index is -0.957. The predicted molar refractivity (Wildman–Crippen MR) is 58.5 cm³/mol. The highest BCUT2D eigenvalue weighted by molar-refractivity contribution is 5.84. The van der Waals surface area contributed by atoms with Gasteiger partial charge in [0.2, 0.25) is 5.91 Å². The van der Waals surface area contributed by atoms with Crippen molar-refractivity contribution in [2.75, 3.05) is 0 Å². The average molecular weight is 215 g/mol. The second kappa shape index (κ2) is 6.43. The van der Waals surface area contributed by atoms with Crippen LogP contribution in [-0.4, -0.2) is 23.0 Å². The van der Waals surface area contributed by atoms with E-state index in [2.05, 4.69) is 5.32 Å². The van der Waals surface area contributed by atoms with E-state index in [1.165, 1.54) is 0 Å². The molecule has 0 fully saturated rings. The predicted octanol–water partition coefficient (Wildman–Crippen LogP) is 1.65. The monoisotopic (exact) mass is 215 g/mol. The van der Waals surface area contributed by atoms with Gasteiger partial charge in [-0.1, -0.05) is 34.1 Å². The first kappa shape index (κ1) is 13.9. The third kappa shape index (κ3) is 4.81. The van der Waals surface area contributed by atoms with E-state index in [0.717, 1.165) is 6.42 Å². The largest absolute Gasteiger partial charge is 0.480 e. The lowest BCUT2D eigenvalue weighted by Crippen LogP contribution is -2.43. The Morgan fingerprint density at radius 2 is 1.80 bits per heavy atom. The maximum atomic E-state index is 11.6. The summed E-state index contributed by atoms with van der Waals surface area (Å²) in [4.78, 5) is 22.4. The normalized spacial score (nSPS) is 14.7. The zero-order chi connectivity index (χ0) is 12.0. The smallest absolute Gasteiger partial charge is 0.326 e. The molecule has 0 heterocycles. The van der Waals surface area contributed by atoms with Gasteiger partial charge in [-0.15, -0.1) is 0 Å². The standard InChI is InChI=1S/C11H21NO3/c1-5-6-9(11(14)15)12-10(13)8(4)7(2)3/h7-9H,5-6H2,1-4H3,(H,12,13)(H,14,15)/t8?,9-/m1/s1. The number of carbonyl (C=O) groups is 2. The number of hydrogen-bond donors (Lipinski definition) is 2. The summed E-state index contributed by atoms with van der Waals surface area (Å²) < 4.78 is 0. The first-order valence-corrected chi connectivity index (χ1v) is 5.43. The molecule has 0 aliphatic heterocycles. The molecule has 0 aromatic heterocycles. The number of amides is 1. The molecule has 2 atom stereocenters. The summed E-state index contributed by atoms with van der Waals surface area (Å²) in [6.45, 7) is 7.60. The van der Waals surface area contributed by atoms with E-state index in [4.69, 9.17) is 5.11 Å². The van der Waals surface area contributed by atoms with Gasteiger partial charge in [-0.25, -0.2) is 4.79 Å². The second-order valence-corrected chi connectivity index (χ2v) is 4.22. The summed E-state index contributed by atoms with van der Waals surface area (Å²) in [6.07, 6.45) is 1.22. The molecule has 0 bridgehead atoms. The molecule has 88 valence electrons. The fourth-order valence-electron chi connectivity index (χ4n) is 1.15. The Balaban J connectivity index is 4.28. The van der Waals surface area contributed by atoms with Crippen LogP contribution in [0.1, 0.15) is 40.5 Å². The maximum absolute atomic E-state index is 11.6.